The highest BCUT2D eigenvalue weighted by Crippen LogP contribution is 2.40. The minimum atomic E-state index is 0.732. The predicted octanol–water partition coefficient (Wildman–Crippen LogP) is 12.2. The van der Waals surface area contributed by atoms with Crippen molar-refractivity contribution < 1.29 is 8.83 Å². The second-order valence-corrected chi connectivity index (χ2v) is 13.7. The molecule has 0 N–H and O–H groups in total. The van der Waals surface area contributed by atoms with Crippen molar-refractivity contribution in [1.82, 2.24) is 0 Å². The van der Waals surface area contributed by atoms with E-state index in [-0.39, 0.29) is 0 Å². The van der Waals surface area contributed by atoms with Gasteiger partial charge in [0.25, 0.3) is 0 Å². The van der Waals surface area contributed by atoms with Gasteiger partial charge in [-0.2, -0.15) is 0 Å². The molecule has 1 aliphatic rings. The molecular formula is C51H35NO2. The lowest BCUT2D eigenvalue weighted by atomic mass is 9.99. The Labute approximate surface area is 313 Å². The van der Waals surface area contributed by atoms with Crippen molar-refractivity contribution in [2.75, 3.05) is 4.90 Å². The molecule has 256 valence electrons. The van der Waals surface area contributed by atoms with Crippen molar-refractivity contribution in [2.45, 2.75) is 6.42 Å². The van der Waals surface area contributed by atoms with Crippen molar-refractivity contribution in [1.29, 1.82) is 0 Å². The molecule has 3 nitrogen and oxygen atoms in total. The number of para-hydroxylation sites is 1. The van der Waals surface area contributed by atoms with Gasteiger partial charge in [-0.15, -0.1) is 0 Å². The van der Waals surface area contributed by atoms with E-state index in [4.69, 9.17) is 8.83 Å². The Morgan fingerprint density at radius 3 is 2.28 bits per heavy atom. The number of hydrogen-bond acceptors (Lipinski definition) is 3. The highest BCUT2D eigenvalue weighted by molar-refractivity contribution is 6.06. The highest BCUT2D eigenvalue weighted by Gasteiger charge is 2.20. The van der Waals surface area contributed by atoms with Crippen LogP contribution in [0.1, 0.15) is 16.9 Å². The lowest BCUT2D eigenvalue weighted by Crippen LogP contribution is -2.22. The average Bonchev–Trinajstić information content (AvgIpc) is 3.71. The maximum atomic E-state index is 6.56. The van der Waals surface area contributed by atoms with Gasteiger partial charge in [0.15, 0.2) is 0 Å². The van der Waals surface area contributed by atoms with Gasteiger partial charge in [0, 0.05) is 45.2 Å². The molecule has 0 fully saturated rings. The van der Waals surface area contributed by atoms with Gasteiger partial charge in [-0.25, -0.2) is 0 Å². The van der Waals surface area contributed by atoms with E-state index < -0.39 is 0 Å². The minimum Gasteiger partial charge on any atom is -0.460 e. The Morgan fingerprint density at radius 2 is 1.35 bits per heavy atom. The smallest absolute Gasteiger partial charge is 0.135 e. The first-order chi connectivity index (χ1) is 26.7. The number of hydrogen-bond donors (Lipinski definition) is 0. The van der Waals surface area contributed by atoms with Crippen LogP contribution >= 0.6 is 0 Å². The molecule has 0 radical (unpaired) electrons. The molecule has 9 aromatic rings. The second kappa shape index (κ2) is 13.1. The van der Waals surface area contributed by atoms with E-state index in [1.54, 1.807) is 0 Å². The lowest BCUT2D eigenvalue weighted by Gasteiger charge is -2.27. The number of rotatable bonds is 7. The van der Waals surface area contributed by atoms with Crippen LogP contribution in [0.25, 0.3) is 73.0 Å². The summed E-state index contributed by atoms with van der Waals surface area (Å²) in [5.74, 6) is 0.975. The van der Waals surface area contributed by atoms with Crippen LogP contribution in [0.2, 0.25) is 0 Å². The molecule has 0 spiro atoms. The summed E-state index contributed by atoms with van der Waals surface area (Å²) < 4.78 is 12.8. The zero-order chi connectivity index (χ0) is 36.0. The van der Waals surface area contributed by atoms with E-state index in [0.29, 0.717) is 0 Å². The summed E-state index contributed by atoms with van der Waals surface area (Å²) in [7, 11) is 0. The molecule has 7 aromatic carbocycles. The summed E-state index contributed by atoms with van der Waals surface area (Å²) in [6.07, 6.45) is 13.5. The fourth-order valence-electron chi connectivity index (χ4n) is 7.87. The first-order valence-corrected chi connectivity index (χ1v) is 18.3. The van der Waals surface area contributed by atoms with Crippen LogP contribution in [-0.2, 0) is 6.42 Å². The first-order valence-electron chi connectivity index (χ1n) is 18.3. The van der Waals surface area contributed by atoms with Crippen molar-refractivity contribution in [3.05, 3.63) is 209 Å². The summed E-state index contributed by atoms with van der Waals surface area (Å²) in [5, 5.41) is 8.11. The van der Waals surface area contributed by atoms with Gasteiger partial charge in [0.1, 0.15) is 22.5 Å². The van der Waals surface area contributed by atoms with Crippen LogP contribution < -0.4 is 15.3 Å². The predicted molar refractivity (Wildman–Crippen MR) is 226 cm³/mol. The molecule has 0 aliphatic heterocycles. The molecule has 0 unspecified atom stereocenters. The molecule has 3 heteroatoms. The molecule has 0 bridgehead atoms. The summed E-state index contributed by atoms with van der Waals surface area (Å²) in [4.78, 5) is 2.33. The number of furan rings is 2. The van der Waals surface area contributed by atoms with Gasteiger partial charge in [-0.05, 0) is 105 Å². The number of fused-ring (bicyclic) bond motifs is 8. The van der Waals surface area contributed by atoms with Crippen LogP contribution in [0, 0.1) is 0 Å². The van der Waals surface area contributed by atoms with Gasteiger partial charge < -0.3 is 13.7 Å². The Bertz CT molecular complexity index is 3120. The third-order valence-electron chi connectivity index (χ3n) is 10.4. The minimum absolute atomic E-state index is 0.732. The van der Waals surface area contributed by atoms with Crippen molar-refractivity contribution in [2.24, 2.45) is 0 Å². The van der Waals surface area contributed by atoms with E-state index in [0.717, 1.165) is 84.4 Å². The molecule has 54 heavy (non-hydrogen) atoms. The Hall–Kier alpha value is -7.10. The average molecular weight is 694 g/mol. The number of nitrogens with zero attached hydrogens (tertiary/aromatic N) is 1. The quantitative estimate of drug-likeness (QED) is 0.156. The molecule has 0 atom stereocenters. The fourth-order valence-corrected chi connectivity index (χ4v) is 7.87. The van der Waals surface area contributed by atoms with Gasteiger partial charge >= 0.3 is 0 Å². The van der Waals surface area contributed by atoms with E-state index >= 15 is 0 Å². The van der Waals surface area contributed by atoms with Gasteiger partial charge in [0.2, 0.25) is 0 Å². The van der Waals surface area contributed by atoms with Crippen LogP contribution in [0.5, 0.6) is 0 Å². The zero-order valence-electron chi connectivity index (χ0n) is 29.6. The normalized spacial score (nSPS) is 12.8. The summed E-state index contributed by atoms with van der Waals surface area (Å²) in [5.41, 5.74) is 10.1. The molecule has 0 amide bonds. The van der Waals surface area contributed by atoms with Crippen molar-refractivity contribution in [3.63, 3.8) is 0 Å². The third-order valence-corrected chi connectivity index (χ3v) is 10.4. The van der Waals surface area contributed by atoms with E-state index in [1.807, 2.05) is 24.3 Å². The number of anilines is 2. The van der Waals surface area contributed by atoms with Crippen LogP contribution in [-0.4, -0.2) is 0 Å². The Kier molecular flexibility index (Phi) is 7.70. The molecule has 2 heterocycles. The van der Waals surface area contributed by atoms with Crippen molar-refractivity contribution >= 4 is 73.3 Å². The van der Waals surface area contributed by atoms with Crippen LogP contribution in [0.3, 0.4) is 0 Å². The molecule has 2 aromatic heterocycles. The van der Waals surface area contributed by atoms with Gasteiger partial charge in [0.05, 0.1) is 0 Å². The van der Waals surface area contributed by atoms with Gasteiger partial charge in [-0.1, -0.05) is 128 Å². The zero-order valence-corrected chi connectivity index (χ0v) is 29.6. The summed E-state index contributed by atoms with van der Waals surface area (Å²) in [6, 6.07) is 53.6. The molecule has 1 aliphatic carbocycles. The number of allylic oxidation sites excluding steroid dienone is 3. The largest absolute Gasteiger partial charge is 0.460 e. The fraction of sp³-hybridized carbons (Fsp3) is 0.0196. The van der Waals surface area contributed by atoms with Crippen LogP contribution in [0.4, 0.5) is 11.4 Å². The first kappa shape index (κ1) is 31.6. The molecule has 0 saturated carbocycles. The maximum absolute atomic E-state index is 6.56. The molecular weight excluding hydrogens is 659 g/mol. The Balaban J connectivity index is 1.20. The standard InChI is InChI=1S/C51H35NO2/c1-2-3-18-41(31-40-17-11-22-50-51(40)46-32-38-15-7-5-13-35(38)25-27-49(46)54-50)52(43-26-28-48-45(33-43)44-20-8-9-21-47(44)53-48)42-19-10-16-37(30-42)39-24-23-34-12-4-6-14-36(34)29-39/h2-26,28-33H,1,27H2/b18-3-,41-31-. The SMILES string of the molecule is C=C/C=C\C(=C\c1cccc2oc3c(c12)C=c1ccccc1=CC3)N(c1cccc(-c2ccc3ccccc3c2)c1)c1ccc2oc3ccccc3c2c1. The highest BCUT2D eigenvalue weighted by atomic mass is 16.3. The summed E-state index contributed by atoms with van der Waals surface area (Å²) in [6.45, 7) is 4.05. The van der Waals surface area contributed by atoms with Crippen LogP contribution in [0.15, 0.2) is 191 Å². The third kappa shape index (κ3) is 5.55. The Morgan fingerprint density at radius 1 is 0.593 bits per heavy atom. The van der Waals surface area contributed by atoms with Gasteiger partial charge in [-0.3, -0.25) is 0 Å². The van der Waals surface area contributed by atoms with E-state index in [2.05, 4.69) is 175 Å². The second-order valence-electron chi connectivity index (χ2n) is 13.7. The van der Waals surface area contributed by atoms with Crippen molar-refractivity contribution in [3.8, 4) is 11.1 Å². The summed E-state index contributed by atoms with van der Waals surface area (Å²) >= 11 is 0. The lowest BCUT2D eigenvalue weighted by molar-refractivity contribution is 0.568. The maximum Gasteiger partial charge on any atom is 0.135 e. The molecule has 10 rings (SSSR count). The monoisotopic (exact) mass is 693 g/mol. The van der Waals surface area contributed by atoms with E-state index in [9.17, 15) is 0 Å². The van der Waals surface area contributed by atoms with E-state index in [1.165, 1.54) is 21.2 Å². The molecule has 0 saturated heterocycles. The number of benzene rings is 7. The topological polar surface area (TPSA) is 29.5 Å².